The second-order valence-electron chi connectivity index (χ2n) is 8.71. The summed E-state index contributed by atoms with van der Waals surface area (Å²) >= 11 is 6.15. The van der Waals surface area contributed by atoms with E-state index >= 15 is 0 Å². The Bertz CT molecular complexity index is 1680. The molecule has 0 N–H and O–H groups in total. The highest BCUT2D eigenvalue weighted by Crippen LogP contribution is 2.41. The predicted octanol–water partition coefficient (Wildman–Crippen LogP) is 6.91. The van der Waals surface area contributed by atoms with Crippen molar-refractivity contribution in [2.75, 3.05) is 4.90 Å². The molecule has 4 aromatic carbocycles. The smallest absolute Gasteiger partial charge is 0.295 e. The van der Waals surface area contributed by atoms with Crippen LogP contribution in [-0.4, -0.2) is 5.91 Å². The van der Waals surface area contributed by atoms with Crippen LogP contribution in [0, 0.1) is 5.82 Å². The van der Waals surface area contributed by atoms with Gasteiger partial charge in [-0.15, -0.1) is 0 Å². The van der Waals surface area contributed by atoms with Crippen LogP contribution in [0.4, 0.5) is 10.1 Å². The highest BCUT2D eigenvalue weighted by molar-refractivity contribution is 6.31. The minimum atomic E-state index is -0.782. The fourth-order valence-corrected chi connectivity index (χ4v) is 4.79. The lowest BCUT2D eigenvalue weighted by molar-refractivity contribution is 0.0971. The molecule has 1 aliphatic rings. The third-order valence-corrected chi connectivity index (χ3v) is 6.62. The van der Waals surface area contributed by atoms with E-state index in [0.29, 0.717) is 28.6 Å². The Labute approximate surface area is 216 Å². The summed E-state index contributed by atoms with van der Waals surface area (Å²) in [5.41, 5.74) is 2.29. The lowest BCUT2D eigenvalue weighted by Gasteiger charge is -2.25. The molecule has 1 aromatic heterocycles. The zero-order valence-corrected chi connectivity index (χ0v) is 20.1. The first-order valence-electron chi connectivity index (χ1n) is 11.6. The molecule has 0 spiro atoms. The second kappa shape index (κ2) is 9.22. The molecule has 1 amide bonds. The molecule has 1 atom stereocenters. The Morgan fingerprint density at radius 3 is 2.35 bits per heavy atom. The van der Waals surface area contributed by atoms with Gasteiger partial charge < -0.3 is 9.15 Å². The molecule has 182 valence electrons. The van der Waals surface area contributed by atoms with Crippen molar-refractivity contribution in [2.24, 2.45) is 0 Å². The van der Waals surface area contributed by atoms with Gasteiger partial charge in [-0.25, -0.2) is 4.39 Å². The summed E-state index contributed by atoms with van der Waals surface area (Å²) in [5.74, 6) is -0.315. The third-order valence-electron chi connectivity index (χ3n) is 6.38. The van der Waals surface area contributed by atoms with Crippen LogP contribution in [0.15, 0.2) is 106 Å². The van der Waals surface area contributed by atoms with Gasteiger partial charge in [-0.2, -0.15) is 0 Å². The van der Waals surface area contributed by atoms with E-state index in [9.17, 15) is 14.0 Å². The first-order valence-corrected chi connectivity index (χ1v) is 12.0. The van der Waals surface area contributed by atoms with E-state index in [1.807, 2.05) is 42.5 Å². The van der Waals surface area contributed by atoms with Crippen molar-refractivity contribution in [1.29, 1.82) is 0 Å². The lowest BCUT2D eigenvalue weighted by atomic mass is 9.98. The van der Waals surface area contributed by atoms with Gasteiger partial charge in [0.15, 0.2) is 5.43 Å². The number of benzene rings is 4. The van der Waals surface area contributed by atoms with Crippen LogP contribution >= 0.6 is 11.6 Å². The number of fused-ring (bicyclic) bond motifs is 2. The summed E-state index contributed by atoms with van der Waals surface area (Å²) in [5, 5.41) is 0.670. The second-order valence-corrected chi connectivity index (χ2v) is 9.15. The average Bonchev–Trinajstić information content (AvgIpc) is 3.21. The molecule has 0 fully saturated rings. The number of rotatable bonds is 5. The molecule has 5 aromatic rings. The van der Waals surface area contributed by atoms with Gasteiger partial charge in [0.1, 0.15) is 23.8 Å². The number of nitrogens with zero attached hydrogens (tertiary/aromatic N) is 1. The summed E-state index contributed by atoms with van der Waals surface area (Å²) in [6.07, 6.45) is 0. The highest BCUT2D eigenvalue weighted by Gasteiger charge is 2.43. The number of halogens is 2. The predicted molar refractivity (Wildman–Crippen MR) is 140 cm³/mol. The Morgan fingerprint density at radius 1 is 0.892 bits per heavy atom. The Balaban J connectivity index is 1.44. The van der Waals surface area contributed by atoms with E-state index in [2.05, 4.69) is 0 Å². The van der Waals surface area contributed by atoms with E-state index in [4.69, 9.17) is 20.8 Å². The van der Waals surface area contributed by atoms with Gasteiger partial charge in [0.25, 0.3) is 5.91 Å². The van der Waals surface area contributed by atoms with Crippen LogP contribution in [0.3, 0.4) is 0 Å². The highest BCUT2D eigenvalue weighted by atomic mass is 35.5. The monoisotopic (exact) mass is 511 g/mol. The maximum absolute atomic E-state index is 13.7. The number of amides is 1. The first kappa shape index (κ1) is 23.0. The van der Waals surface area contributed by atoms with Crippen LogP contribution in [0.2, 0.25) is 5.02 Å². The molecule has 37 heavy (non-hydrogen) atoms. The van der Waals surface area contributed by atoms with E-state index in [0.717, 1.165) is 5.56 Å². The molecular formula is C30H19ClFNO4. The normalized spacial score (nSPS) is 14.7. The van der Waals surface area contributed by atoms with E-state index in [-0.39, 0.29) is 27.7 Å². The number of hydrogen-bond acceptors (Lipinski definition) is 4. The number of hydrogen-bond donors (Lipinski definition) is 0. The van der Waals surface area contributed by atoms with Crippen molar-refractivity contribution >= 4 is 34.2 Å². The van der Waals surface area contributed by atoms with Crippen molar-refractivity contribution in [3.8, 4) is 5.75 Å². The maximum atomic E-state index is 13.7. The topological polar surface area (TPSA) is 59.8 Å². The molecule has 0 saturated heterocycles. The van der Waals surface area contributed by atoms with Gasteiger partial charge >= 0.3 is 0 Å². The van der Waals surface area contributed by atoms with Crippen molar-refractivity contribution in [1.82, 2.24) is 0 Å². The largest absolute Gasteiger partial charge is 0.489 e. The number of anilines is 1. The lowest BCUT2D eigenvalue weighted by Crippen LogP contribution is -2.29. The van der Waals surface area contributed by atoms with Crippen LogP contribution < -0.4 is 15.1 Å². The summed E-state index contributed by atoms with van der Waals surface area (Å²) in [6, 6.07) is 26.5. The van der Waals surface area contributed by atoms with Crippen molar-refractivity contribution in [2.45, 2.75) is 12.6 Å². The van der Waals surface area contributed by atoms with Crippen molar-refractivity contribution < 1.29 is 18.3 Å². The van der Waals surface area contributed by atoms with E-state index < -0.39 is 17.8 Å². The van der Waals surface area contributed by atoms with Crippen LogP contribution in [0.5, 0.6) is 5.75 Å². The molecule has 1 aliphatic heterocycles. The summed E-state index contributed by atoms with van der Waals surface area (Å²) in [6.45, 7) is 0.406. The standard InChI is InChI=1S/C30H19ClFNO4/c31-20-8-15-25-24(16-20)28(34)26-27(33(30(35)29(26)37-25)22-11-9-21(32)10-12-22)19-6-13-23(14-7-19)36-17-18-4-2-1-3-5-18/h1-16,27H,17H2. The van der Waals surface area contributed by atoms with Gasteiger partial charge in [0.05, 0.1) is 17.0 Å². The molecule has 0 saturated carbocycles. The van der Waals surface area contributed by atoms with Gasteiger partial charge in [-0.3, -0.25) is 14.5 Å². The van der Waals surface area contributed by atoms with Gasteiger partial charge in [-0.05, 0) is 65.7 Å². The van der Waals surface area contributed by atoms with E-state index in [1.54, 1.807) is 24.3 Å². The van der Waals surface area contributed by atoms with Crippen molar-refractivity contribution in [3.05, 3.63) is 141 Å². The van der Waals surface area contributed by atoms with Gasteiger partial charge in [-0.1, -0.05) is 54.1 Å². The van der Waals surface area contributed by atoms with Gasteiger partial charge in [0, 0.05) is 10.7 Å². The summed E-state index contributed by atoms with van der Waals surface area (Å²) in [4.78, 5) is 28.7. The SMILES string of the molecule is O=C1c2oc3ccc(Cl)cc3c(=O)c2C(c2ccc(OCc3ccccc3)cc2)N1c1ccc(F)cc1. The van der Waals surface area contributed by atoms with Crippen molar-refractivity contribution in [3.63, 3.8) is 0 Å². The minimum absolute atomic E-state index is 0.0430. The van der Waals surface area contributed by atoms with Gasteiger partial charge in [0.2, 0.25) is 5.76 Å². The minimum Gasteiger partial charge on any atom is -0.489 e. The maximum Gasteiger partial charge on any atom is 0.295 e. The Morgan fingerprint density at radius 2 is 1.62 bits per heavy atom. The third kappa shape index (κ3) is 4.15. The molecule has 5 nitrogen and oxygen atoms in total. The molecule has 7 heteroatoms. The van der Waals surface area contributed by atoms with Crippen LogP contribution in [-0.2, 0) is 6.61 Å². The number of ether oxygens (including phenoxy) is 1. The quantitative estimate of drug-likeness (QED) is 0.257. The van der Waals surface area contributed by atoms with Crippen LogP contribution in [0.25, 0.3) is 11.0 Å². The first-order chi connectivity index (χ1) is 18.0. The zero-order chi connectivity index (χ0) is 25.5. The average molecular weight is 512 g/mol. The summed E-state index contributed by atoms with van der Waals surface area (Å²) < 4.78 is 25.5. The number of carbonyl (C=O) groups excluding carboxylic acids is 1. The number of carbonyl (C=O) groups is 1. The Hall–Kier alpha value is -4.42. The van der Waals surface area contributed by atoms with Crippen LogP contribution in [0.1, 0.15) is 33.3 Å². The fraction of sp³-hybridized carbons (Fsp3) is 0.0667. The Kier molecular flexibility index (Phi) is 5.74. The fourth-order valence-electron chi connectivity index (χ4n) is 4.62. The molecule has 2 heterocycles. The molecule has 0 radical (unpaired) electrons. The molecular weight excluding hydrogens is 493 g/mol. The van der Waals surface area contributed by atoms with E-state index in [1.165, 1.54) is 35.2 Å². The molecule has 0 aliphatic carbocycles. The summed E-state index contributed by atoms with van der Waals surface area (Å²) in [7, 11) is 0. The zero-order valence-electron chi connectivity index (χ0n) is 19.4. The molecule has 6 rings (SSSR count). The molecule has 0 bridgehead atoms. The molecule has 1 unspecified atom stereocenters.